The molecule has 1 spiro atoms. The van der Waals surface area contributed by atoms with Gasteiger partial charge in [0, 0.05) is 12.0 Å². The van der Waals surface area contributed by atoms with E-state index in [0.717, 1.165) is 30.6 Å². The Morgan fingerprint density at radius 3 is 3.04 bits per heavy atom. The first-order valence-corrected chi connectivity index (χ1v) is 8.53. The highest BCUT2D eigenvalue weighted by Gasteiger charge is 2.74. The van der Waals surface area contributed by atoms with Gasteiger partial charge in [0.25, 0.3) is 0 Å². The van der Waals surface area contributed by atoms with E-state index in [1.54, 1.807) is 7.11 Å². The predicted octanol–water partition coefficient (Wildman–Crippen LogP) is 3.51. The van der Waals surface area contributed by atoms with Crippen LogP contribution < -0.4 is 4.74 Å². The summed E-state index contributed by atoms with van der Waals surface area (Å²) < 4.78 is 24.3. The van der Waals surface area contributed by atoms with Gasteiger partial charge in [0.2, 0.25) is 0 Å². The molecule has 1 saturated carbocycles. The van der Waals surface area contributed by atoms with Gasteiger partial charge in [0.1, 0.15) is 11.4 Å². The number of hydrogen-bond donors (Lipinski definition) is 0. The number of rotatable bonds is 2. The van der Waals surface area contributed by atoms with E-state index in [4.69, 9.17) is 18.9 Å². The second-order valence-corrected chi connectivity index (χ2v) is 7.22. The molecule has 4 heteroatoms. The largest absolute Gasteiger partial charge is 0.497 e. The Hall–Kier alpha value is -1.52. The van der Waals surface area contributed by atoms with Gasteiger partial charge in [-0.2, -0.15) is 0 Å². The number of methoxy groups -OCH3 is 1. The molecule has 23 heavy (non-hydrogen) atoms. The van der Waals surface area contributed by atoms with E-state index in [2.05, 4.69) is 18.2 Å². The van der Waals surface area contributed by atoms with Gasteiger partial charge in [-0.1, -0.05) is 25.0 Å². The molecular weight excluding hydrogens is 292 g/mol. The number of fused-ring (bicyclic) bond motifs is 1. The fourth-order valence-corrected chi connectivity index (χ4v) is 5.41. The molecule has 4 atom stereocenters. The maximum absolute atomic E-state index is 6.42. The minimum Gasteiger partial charge on any atom is -0.497 e. The lowest BCUT2D eigenvalue weighted by atomic mass is 9.52. The van der Waals surface area contributed by atoms with Crippen LogP contribution in [-0.2, 0) is 19.8 Å². The first-order valence-electron chi connectivity index (χ1n) is 8.53. The van der Waals surface area contributed by atoms with E-state index in [0.29, 0.717) is 6.61 Å². The maximum Gasteiger partial charge on any atom is 0.165 e. The summed E-state index contributed by atoms with van der Waals surface area (Å²) in [5.74, 6) is 0.855. The predicted molar refractivity (Wildman–Crippen MR) is 84.0 cm³/mol. The van der Waals surface area contributed by atoms with Gasteiger partial charge in [-0.3, -0.25) is 0 Å². The monoisotopic (exact) mass is 314 g/mol. The Bertz CT molecular complexity index is 671. The molecule has 0 aromatic heterocycles. The third-order valence-corrected chi connectivity index (χ3v) is 6.46. The Morgan fingerprint density at radius 1 is 1.22 bits per heavy atom. The third kappa shape index (κ3) is 1.54. The van der Waals surface area contributed by atoms with Gasteiger partial charge in [-0.25, -0.2) is 0 Å². The summed E-state index contributed by atoms with van der Waals surface area (Å²) in [5, 5.41) is 0. The van der Waals surface area contributed by atoms with Crippen molar-refractivity contribution in [3.05, 3.63) is 42.2 Å². The number of hydrogen-bond acceptors (Lipinski definition) is 4. The first kappa shape index (κ1) is 13.9. The van der Waals surface area contributed by atoms with Gasteiger partial charge in [0.15, 0.2) is 11.9 Å². The maximum atomic E-state index is 6.42. The molecule has 122 valence electrons. The minimum absolute atomic E-state index is 0.0394. The van der Waals surface area contributed by atoms with Gasteiger partial charge in [-0.15, -0.1) is 0 Å². The zero-order chi connectivity index (χ0) is 15.5. The quantitative estimate of drug-likeness (QED) is 0.837. The average Bonchev–Trinajstić information content (AvgIpc) is 2.93. The molecule has 2 saturated heterocycles. The summed E-state index contributed by atoms with van der Waals surface area (Å²) in [7, 11) is 1.70. The highest BCUT2D eigenvalue weighted by Crippen LogP contribution is 2.69. The molecule has 0 unspecified atom stereocenters. The van der Waals surface area contributed by atoms with Gasteiger partial charge in [-0.05, 0) is 31.1 Å². The lowest BCUT2D eigenvalue weighted by Gasteiger charge is -2.58. The standard InChI is InChI=1S/C19H22O4/c1-20-15-6-4-5-14(11-15)19-13-21-16-12-17(19)7-2-3-8-18(17,23-16)9-10-22-19/h4-6,9-11,16H,2-3,7-8,12-13H2,1H3/t16-,17-,18-,19+/m1/s1. The van der Waals surface area contributed by atoms with Gasteiger partial charge < -0.3 is 18.9 Å². The van der Waals surface area contributed by atoms with Crippen molar-refractivity contribution < 1.29 is 18.9 Å². The van der Waals surface area contributed by atoms with E-state index in [-0.39, 0.29) is 17.3 Å². The van der Waals surface area contributed by atoms with Crippen molar-refractivity contribution in [2.24, 2.45) is 5.41 Å². The van der Waals surface area contributed by atoms with Crippen LogP contribution in [0.3, 0.4) is 0 Å². The Balaban J connectivity index is 1.73. The highest BCUT2D eigenvalue weighted by molar-refractivity contribution is 5.40. The summed E-state index contributed by atoms with van der Waals surface area (Å²) in [4.78, 5) is 0. The smallest absolute Gasteiger partial charge is 0.165 e. The topological polar surface area (TPSA) is 36.9 Å². The van der Waals surface area contributed by atoms with E-state index in [9.17, 15) is 0 Å². The van der Waals surface area contributed by atoms with E-state index in [1.807, 2.05) is 18.4 Å². The van der Waals surface area contributed by atoms with Gasteiger partial charge in [0.05, 0.1) is 25.4 Å². The second kappa shape index (κ2) is 4.52. The van der Waals surface area contributed by atoms with E-state index in [1.165, 1.54) is 12.8 Å². The lowest BCUT2D eigenvalue weighted by molar-refractivity contribution is -0.211. The summed E-state index contributed by atoms with van der Waals surface area (Å²) in [6, 6.07) is 8.24. The molecule has 1 aromatic carbocycles. The van der Waals surface area contributed by atoms with Crippen LogP contribution in [0.2, 0.25) is 0 Å². The van der Waals surface area contributed by atoms with Crippen LogP contribution in [0, 0.1) is 5.41 Å². The Labute approximate surface area is 136 Å². The Morgan fingerprint density at radius 2 is 2.13 bits per heavy atom. The van der Waals surface area contributed by atoms with Crippen molar-refractivity contribution in [3.63, 3.8) is 0 Å². The second-order valence-electron chi connectivity index (χ2n) is 7.22. The lowest BCUT2D eigenvalue weighted by Crippen LogP contribution is -2.63. The molecule has 0 N–H and O–H groups in total. The summed E-state index contributed by atoms with van der Waals surface area (Å²) in [5.41, 5.74) is 0.371. The van der Waals surface area contributed by atoms with E-state index >= 15 is 0 Å². The Kier molecular flexibility index (Phi) is 2.73. The molecule has 1 aliphatic carbocycles. The van der Waals surface area contributed by atoms with Crippen LogP contribution in [0.1, 0.15) is 37.7 Å². The SMILES string of the molecule is COc1cccc([C@@]23CO[C@H]4C[C@@]25CCCC[C@]5(C=CO3)O4)c1. The third-order valence-electron chi connectivity index (χ3n) is 6.46. The molecule has 5 rings (SSSR count). The zero-order valence-electron chi connectivity index (χ0n) is 13.4. The molecule has 0 radical (unpaired) electrons. The minimum atomic E-state index is -0.482. The van der Waals surface area contributed by atoms with Crippen LogP contribution in [0.5, 0.6) is 5.75 Å². The first-order chi connectivity index (χ1) is 11.2. The average molecular weight is 314 g/mol. The van der Waals surface area contributed by atoms with Crippen molar-refractivity contribution in [1.29, 1.82) is 0 Å². The molecular formula is C19H22O4. The van der Waals surface area contributed by atoms with Crippen molar-refractivity contribution in [1.82, 2.24) is 0 Å². The van der Waals surface area contributed by atoms with Crippen molar-refractivity contribution in [2.75, 3.05) is 13.7 Å². The molecule has 2 bridgehead atoms. The number of ether oxygens (including phenoxy) is 4. The van der Waals surface area contributed by atoms with Crippen LogP contribution in [0.15, 0.2) is 36.6 Å². The van der Waals surface area contributed by atoms with Crippen molar-refractivity contribution in [3.8, 4) is 5.75 Å². The van der Waals surface area contributed by atoms with E-state index < -0.39 is 5.60 Å². The highest BCUT2D eigenvalue weighted by atomic mass is 16.7. The van der Waals surface area contributed by atoms with Crippen LogP contribution in [0.25, 0.3) is 0 Å². The van der Waals surface area contributed by atoms with Crippen LogP contribution in [-0.4, -0.2) is 25.6 Å². The zero-order valence-corrected chi connectivity index (χ0v) is 13.4. The van der Waals surface area contributed by atoms with Crippen molar-refractivity contribution in [2.45, 2.75) is 49.6 Å². The van der Waals surface area contributed by atoms with Crippen LogP contribution >= 0.6 is 0 Å². The normalized spacial score (nSPS) is 43.6. The van der Waals surface area contributed by atoms with Crippen LogP contribution in [0.4, 0.5) is 0 Å². The number of benzene rings is 1. The summed E-state index contributed by atoms with van der Waals surface area (Å²) in [6.45, 7) is 0.539. The van der Waals surface area contributed by atoms with Gasteiger partial charge >= 0.3 is 0 Å². The fourth-order valence-electron chi connectivity index (χ4n) is 5.41. The van der Waals surface area contributed by atoms with Crippen molar-refractivity contribution >= 4 is 0 Å². The molecule has 4 aliphatic rings. The fraction of sp³-hybridized carbons (Fsp3) is 0.579. The molecule has 0 amide bonds. The molecule has 1 aromatic rings. The summed E-state index contributed by atoms with van der Waals surface area (Å²) in [6.07, 6.45) is 9.41. The molecule has 3 aliphatic heterocycles. The molecule has 3 heterocycles. The molecule has 3 fully saturated rings. The molecule has 4 nitrogen and oxygen atoms in total. The summed E-state index contributed by atoms with van der Waals surface area (Å²) >= 11 is 0.